The molecule has 2 N–H and O–H groups in total. The Bertz CT molecular complexity index is 494. The number of hydrogen-bond donors (Lipinski definition) is 2. The van der Waals surface area contributed by atoms with E-state index in [0.717, 1.165) is 38.1 Å². The summed E-state index contributed by atoms with van der Waals surface area (Å²) in [6.45, 7) is 2.79. The molecular weight excluding hydrogens is 399 g/mol. The molecule has 3 rings (SSSR count). The quantitative estimate of drug-likeness (QED) is 0.722. The van der Waals surface area contributed by atoms with Crippen molar-refractivity contribution < 1.29 is 0 Å². The lowest BCUT2D eigenvalue weighted by molar-refractivity contribution is 0.427. The van der Waals surface area contributed by atoms with Crippen LogP contribution in [0.4, 0.5) is 5.69 Å². The van der Waals surface area contributed by atoms with Crippen molar-refractivity contribution in [2.75, 3.05) is 25.0 Å². The van der Waals surface area contributed by atoms with Crippen molar-refractivity contribution in [1.82, 2.24) is 10.6 Å². The first-order valence-electron chi connectivity index (χ1n) is 8.67. The molecule has 1 aromatic carbocycles. The van der Waals surface area contributed by atoms with E-state index in [1.54, 1.807) is 0 Å². The van der Waals surface area contributed by atoms with Gasteiger partial charge in [-0.2, -0.15) is 0 Å². The minimum absolute atomic E-state index is 0. The summed E-state index contributed by atoms with van der Waals surface area (Å²) >= 11 is 0. The standard InChI is InChI=1S/C18H28N4.HI/c1-22(16-6-3-2-4-7-16)17-10-8-15(9-11-17)14-21-18-19-12-5-13-20-18;/h8-11,16H,2-7,12-14H2,1H3,(H2,19,20,21);1H. The van der Waals surface area contributed by atoms with Crippen molar-refractivity contribution in [2.45, 2.75) is 51.1 Å². The van der Waals surface area contributed by atoms with Gasteiger partial charge in [-0.15, -0.1) is 24.0 Å². The maximum absolute atomic E-state index is 4.44. The van der Waals surface area contributed by atoms with Gasteiger partial charge >= 0.3 is 0 Å². The zero-order chi connectivity index (χ0) is 15.2. The summed E-state index contributed by atoms with van der Waals surface area (Å²) in [4.78, 5) is 6.90. The molecule has 4 nitrogen and oxygen atoms in total. The average molecular weight is 428 g/mol. The molecule has 0 unspecified atom stereocenters. The van der Waals surface area contributed by atoms with Gasteiger partial charge in [0.1, 0.15) is 0 Å². The highest BCUT2D eigenvalue weighted by molar-refractivity contribution is 14.0. The highest BCUT2D eigenvalue weighted by Crippen LogP contribution is 2.26. The highest BCUT2D eigenvalue weighted by Gasteiger charge is 2.18. The zero-order valence-electron chi connectivity index (χ0n) is 14.1. The lowest BCUT2D eigenvalue weighted by Crippen LogP contribution is -2.40. The van der Waals surface area contributed by atoms with Crippen LogP contribution in [0.1, 0.15) is 44.1 Å². The third-order valence-electron chi connectivity index (χ3n) is 4.82. The Morgan fingerprint density at radius 1 is 1.13 bits per heavy atom. The maximum atomic E-state index is 4.44. The number of hydrogen-bond acceptors (Lipinski definition) is 4. The van der Waals surface area contributed by atoms with E-state index in [2.05, 4.69) is 51.8 Å². The van der Waals surface area contributed by atoms with Crippen molar-refractivity contribution >= 4 is 35.6 Å². The highest BCUT2D eigenvalue weighted by atomic mass is 127. The second-order valence-electron chi connectivity index (χ2n) is 6.43. The minimum Gasteiger partial charge on any atom is -0.372 e. The van der Waals surface area contributed by atoms with Crippen LogP contribution < -0.4 is 15.5 Å². The van der Waals surface area contributed by atoms with Gasteiger partial charge in [0.15, 0.2) is 5.96 Å². The Morgan fingerprint density at radius 2 is 1.87 bits per heavy atom. The molecule has 1 aliphatic carbocycles. The van der Waals surface area contributed by atoms with Gasteiger partial charge in [-0.1, -0.05) is 31.4 Å². The molecule has 0 amide bonds. The average Bonchev–Trinajstić information content (AvgIpc) is 2.61. The second kappa shape index (κ2) is 9.35. The Morgan fingerprint density at radius 3 is 2.52 bits per heavy atom. The van der Waals surface area contributed by atoms with Crippen LogP contribution in [-0.2, 0) is 6.54 Å². The Balaban J connectivity index is 0.00000192. The summed E-state index contributed by atoms with van der Waals surface area (Å²) < 4.78 is 0. The van der Waals surface area contributed by atoms with Crippen molar-refractivity contribution in [1.29, 1.82) is 0 Å². The van der Waals surface area contributed by atoms with Crippen molar-refractivity contribution in [3.8, 4) is 0 Å². The molecule has 5 heteroatoms. The molecule has 0 saturated heterocycles. The first kappa shape index (κ1) is 18.4. The Kier molecular flexibility index (Phi) is 7.46. The summed E-state index contributed by atoms with van der Waals surface area (Å²) in [7, 11) is 2.24. The van der Waals surface area contributed by atoms with Crippen LogP contribution >= 0.6 is 24.0 Å². The summed E-state index contributed by atoms with van der Waals surface area (Å²) in [6.07, 6.45) is 7.98. The van der Waals surface area contributed by atoms with Gasteiger partial charge in [0.25, 0.3) is 0 Å². The van der Waals surface area contributed by atoms with Gasteiger partial charge in [-0.3, -0.25) is 4.99 Å². The molecule has 1 aliphatic heterocycles. The summed E-state index contributed by atoms with van der Waals surface area (Å²) in [5.41, 5.74) is 2.64. The second-order valence-corrected chi connectivity index (χ2v) is 6.43. The molecule has 0 radical (unpaired) electrons. The SMILES string of the molecule is CN(c1ccc(CNC2=NCCCN2)cc1)C1CCCCC1.I. The van der Waals surface area contributed by atoms with Gasteiger partial charge in [-0.25, -0.2) is 0 Å². The van der Waals surface area contributed by atoms with Crippen LogP contribution in [0.3, 0.4) is 0 Å². The Labute approximate surface area is 157 Å². The molecule has 128 valence electrons. The minimum atomic E-state index is 0. The topological polar surface area (TPSA) is 39.7 Å². The molecule has 1 heterocycles. The number of aliphatic imine (C=N–C) groups is 1. The third-order valence-corrected chi connectivity index (χ3v) is 4.82. The molecule has 1 aromatic rings. The van der Waals surface area contributed by atoms with Gasteiger partial charge in [0.2, 0.25) is 0 Å². The van der Waals surface area contributed by atoms with E-state index in [0.29, 0.717) is 0 Å². The molecule has 2 aliphatic rings. The molecule has 1 fully saturated rings. The normalized spacial score (nSPS) is 18.4. The largest absolute Gasteiger partial charge is 0.372 e. The number of benzene rings is 1. The van der Waals surface area contributed by atoms with Gasteiger partial charge in [0.05, 0.1) is 0 Å². The predicted octanol–water partition coefficient (Wildman–Crippen LogP) is 3.51. The number of nitrogens with one attached hydrogen (secondary N) is 2. The molecule has 23 heavy (non-hydrogen) atoms. The smallest absolute Gasteiger partial charge is 0.191 e. The molecular formula is C18H29IN4. The molecule has 0 atom stereocenters. The molecule has 0 bridgehead atoms. The number of guanidine groups is 1. The zero-order valence-corrected chi connectivity index (χ0v) is 16.4. The van der Waals surface area contributed by atoms with Crippen molar-refractivity contribution in [3.63, 3.8) is 0 Å². The number of halogens is 1. The lowest BCUT2D eigenvalue weighted by atomic mass is 9.94. The van der Waals surface area contributed by atoms with Crippen LogP contribution in [0, 0.1) is 0 Å². The Hall–Kier alpha value is -0.980. The first-order chi connectivity index (χ1) is 10.8. The van der Waals surface area contributed by atoms with Gasteiger partial charge < -0.3 is 15.5 Å². The molecule has 0 aromatic heterocycles. The number of rotatable bonds is 4. The molecule has 0 spiro atoms. The summed E-state index contributed by atoms with van der Waals surface area (Å²) in [6, 6.07) is 9.68. The van der Waals surface area contributed by atoms with Crippen molar-refractivity contribution in [2.24, 2.45) is 4.99 Å². The van der Waals surface area contributed by atoms with Crippen LogP contribution in [0.25, 0.3) is 0 Å². The first-order valence-corrected chi connectivity index (χ1v) is 8.67. The summed E-state index contributed by atoms with van der Waals surface area (Å²) in [5, 5.41) is 6.67. The van der Waals surface area contributed by atoms with E-state index in [9.17, 15) is 0 Å². The fraction of sp³-hybridized carbons (Fsp3) is 0.611. The van der Waals surface area contributed by atoms with E-state index < -0.39 is 0 Å². The number of anilines is 1. The van der Waals surface area contributed by atoms with Gasteiger partial charge in [0, 0.05) is 38.4 Å². The lowest BCUT2D eigenvalue weighted by Gasteiger charge is -2.33. The monoisotopic (exact) mass is 428 g/mol. The van der Waals surface area contributed by atoms with Crippen LogP contribution in [0.15, 0.2) is 29.3 Å². The predicted molar refractivity (Wildman–Crippen MR) is 109 cm³/mol. The van der Waals surface area contributed by atoms with Gasteiger partial charge in [-0.05, 0) is 37.0 Å². The fourth-order valence-corrected chi connectivity index (χ4v) is 3.36. The summed E-state index contributed by atoms with van der Waals surface area (Å²) in [5.74, 6) is 0.939. The van der Waals surface area contributed by atoms with E-state index in [1.165, 1.54) is 43.4 Å². The number of nitrogens with zero attached hydrogens (tertiary/aromatic N) is 2. The fourth-order valence-electron chi connectivity index (χ4n) is 3.36. The van der Waals surface area contributed by atoms with E-state index >= 15 is 0 Å². The van der Waals surface area contributed by atoms with Crippen LogP contribution in [0.2, 0.25) is 0 Å². The third kappa shape index (κ3) is 5.26. The van der Waals surface area contributed by atoms with Crippen LogP contribution in [-0.4, -0.2) is 32.1 Å². The van der Waals surface area contributed by atoms with E-state index in [1.807, 2.05) is 0 Å². The van der Waals surface area contributed by atoms with E-state index in [4.69, 9.17) is 0 Å². The maximum Gasteiger partial charge on any atom is 0.191 e. The van der Waals surface area contributed by atoms with Crippen molar-refractivity contribution in [3.05, 3.63) is 29.8 Å². The van der Waals surface area contributed by atoms with Crippen LogP contribution in [0.5, 0.6) is 0 Å². The molecule has 1 saturated carbocycles. The van der Waals surface area contributed by atoms with E-state index in [-0.39, 0.29) is 24.0 Å².